The highest BCUT2D eigenvalue weighted by Crippen LogP contribution is 2.38. The Morgan fingerprint density at radius 1 is 1.35 bits per heavy atom. The Bertz CT molecular complexity index is 271. The molecule has 0 N–H and O–H groups in total. The minimum absolute atomic E-state index is 0.263. The summed E-state index contributed by atoms with van der Waals surface area (Å²) >= 11 is 0. The van der Waals surface area contributed by atoms with Gasteiger partial charge in [0, 0.05) is 0 Å². The fourth-order valence-corrected chi connectivity index (χ4v) is 2.74. The molecule has 0 aromatic heterocycles. The van der Waals surface area contributed by atoms with Gasteiger partial charge in [0.15, 0.2) is 8.32 Å². The normalized spacial score (nSPS) is 15.8. The molecule has 0 fully saturated rings. The minimum atomic E-state index is -1.67. The molecule has 0 saturated heterocycles. The highest BCUT2D eigenvalue weighted by Gasteiger charge is 2.39. The van der Waals surface area contributed by atoms with Crippen molar-refractivity contribution in [3.63, 3.8) is 0 Å². The van der Waals surface area contributed by atoms with Crippen LogP contribution in [-0.2, 0) is 4.43 Å². The van der Waals surface area contributed by atoms with Crippen molar-refractivity contribution in [1.82, 2.24) is 0 Å². The van der Waals surface area contributed by atoms with Crippen molar-refractivity contribution < 1.29 is 4.43 Å². The van der Waals surface area contributed by atoms with E-state index in [4.69, 9.17) is 4.43 Å². The molecule has 0 aliphatic carbocycles. The largest absolute Gasteiger partial charge is 0.410 e. The monoisotopic (exact) mass is 254 g/mol. The molecular weight excluding hydrogens is 224 g/mol. The quantitative estimate of drug-likeness (QED) is 0.461. The highest BCUT2D eigenvalue weighted by atomic mass is 28.4. The van der Waals surface area contributed by atoms with Crippen LogP contribution in [0, 0.1) is 0 Å². The summed E-state index contributed by atoms with van der Waals surface area (Å²) in [6, 6.07) is 0. The number of hydrogen-bond donors (Lipinski definition) is 0. The first-order chi connectivity index (χ1) is 7.65. The Morgan fingerprint density at radius 3 is 2.24 bits per heavy atom. The average molecular weight is 254 g/mol. The van der Waals surface area contributed by atoms with E-state index in [2.05, 4.69) is 60.4 Å². The van der Waals surface area contributed by atoms with Gasteiger partial charge in [-0.2, -0.15) is 0 Å². The van der Waals surface area contributed by atoms with Gasteiger partial charge in [-0.05, 0) is 44.8 Å². The van der Waals surface area contributed by atoms with E-state index in [1.54, 1.807) is 0 Å². The molecule has 0 aliphatic rings. The van der Waals surface area contributed by atoms with Crippen LogP contribution in [0.25, 0.3) is 0 Å². The number of hydrogen-bond acceptors (Lipinski definition) is 1. The van der Waals surface area contributed by atoms with E-state index in [-0.39, 0.29) is 11.1 Å². The van der Waals surface area contributed by atoms with Crippen LogP contribution in [0.4, 0.5) is 0 Å². The second-order valence-corrected chi connectivity index (χ2v) is 11.0. The van der Waals surface area contributed by atoms with Gasteiger partial charge in [0.1, 0.15) is 0 Å². The summed E-state index contributed by atoms with van der Waals surface area (Å²) in [5.41, 5.74) is 1.34. The Morgan fingerprint density at radius 2 is 1.88 bits per heavy atom. The summed E-state index contributed by atoms with van der Waals surface area (Å²) < 4.78 is 6.48. The third-order valence-corrected chi connectivity index (χ3v) is 8.33. The zero-order valence-electron chi connectivity index (χ0n) is 12.8. The molecule has 0 amide bonds. The van der Waals surface area contributed by atoms with Gasteiger partial charge in [-0.25, -0.2) is 0 Å². The van der Waals surface area contributed by atoms with Crippen LogP contribution < -0.4 is 0 Å². The first-order valence-corrected chi connectivity index (χ1v) is 9.48. The van der Waals surface area contributed by atoms with Crippen molar-refractivity contribution in [2.75, 3.05) is 0 Å². The molecule has 0 aromatic rings. The molecule has 0 aliphatic heterocycles. The molecule has 17 heavy (non-hydrogen) atoms. The SMILES string of the molecule is C=CCC[C@H](O[Si](C)(C)C(C)(C)C)/C(C)=C/C. The lowest BCUT2D eigenvalue weighted by Gasteiger charge is -2.39. The number of rotatable bonds is 6. The summed E-state index contributed by atoms with van der Waals surface area (Å²) in [6.45, 7) is 19.5. The zero-order valence-corrected chi connectivity index (χ0v) is 13.8. The van der Waals surface area contributed by atoms with Gasteiger partial charge >= 0.3 is 0 Å². The first-order valence-electron chi connectivity index (χ1n) is 6.57. The van der Waals surface area contributed by atoms with Crippen LogP contribution in [0.5, 0.6) is 0 Å². The summed E-state index contributed by atoms with van der Waals surface area (Å²) in [5, 5.41) is 0.271. The van der Waals surface area contributed by atoms with Crippen molar-refractivity contribution in [1.29, 1.82) is 0 Å². The van der Waals surface area contributed by atoms with Crippen molar-refractivity contribution in [2.24, 2.45) is 0 Å². The van der Waals surface area contributed by atoms with Crippen molar-refractivity contribution in [3.05, 3.63) is 24.3 Å². The van der Waals surface area contributed by atoms with E-state index in [1.807, 2.05) is 6.08 Å². The van der Waals surface area contributed by atoms with Gasteiger partial charge in [-0.1, -0.05) is 38.5 Å². The molecule has 0 unspecified atom stereocenters. The van der Waals surface area contributed by atoms with Crippen LogP contribution in [-0.4, -0.2) is 14.4 Å². The first kappa shape index (κ1) is 16.7. The molecule has 0 heterocycles. The zero-order chi connectivity index (χ0) is 13.7. The molecule has 1 atom stereocenters. The molecule has 0 rings (SSSR count). The summed E-state index contributed by atoms with van der Waals surface area (Å²) in [4.78, 5) is 0. The van der Waals surface area contributed by atoms with Gasteiger partial charge in [0.2, 0.25) is 0 Å². The molecule has 0 aromatic carbocycles. The Hall–Kier alpha value is -0.343. The summed E-state index contributed by atoms with van der Waals surface area (Å²) in [7, 11) is -1.67. The smallest absolute Gasteiger partial charge is 0.192 e. The van der Waals surface area contributed by atoms with E-state index in [9.17, 15) is 0 Å². The van der Waals surface area contributed by atoms with Gasteiger partial charge in [0.05, 0.1) is 6.10 Å². The molecule has 100 valence electrons. The van der Waals surface area contributed by atoms with Gasteiger partial charge < -0.3 is 4.43 Å². The van der Waals surface area contributed by atoms with Crippen molar-refractivity contribution in [2.45, 2.75) is 71.7 Å². The second-order valence-electron chi connectivity index (χ2n) is 6.27. The predicted molar refractivity (Wildman–Crippen MR) is 80.9 cm³/mol. The molecular formula is C15H30OSi. The Kier molecular flexibility index (Phi) is 6.42. The van der Waals surface area contributed by atoms with E-state index < -0.39 is 8.32 Å². The maximum Gasteiger partial charge on any atom is 0.192 e. The van der Waals surface area contributed by atoms with E-state index >= 15 is 0 Å². The third-order valence-electron chi connectivity index (χ3n) is 3.84. The fourth-order valence-electron chi connectivity index (χ4n) is 1.37. The lowest BCUT2D eigenvalue weighted by molar-refractivity contribution is 0.205. The van der Waals surface area contributed by atoms with Crippen LogP contribution in [0.15, 0.2) is 24.3 Å². The fraction of sp³-hybridized carbons (Fsp3) is 0.733. The standard InChI is InChI=1S/C15H30OSi/c1-9-11-12-14(13(3)10-2)16-17(7,8)15(4,5)6/h9-10,14H,1,11-12H2,2-8H3/b13-10+/t14-/m0/s1. The summed E-state index contributed by atoms with van der Waals surface area (Å²) in [5.74, 6) is 0. The van der Waals surface area contributed by atoms with Crippen molar-refractivity contribution >= 4 is 8.32 Å². The average Bonchev–Trinajstić information content (AvgIpc) is 2.21. The van der Waals surface area contributed by atoms with Crippen LogP contribution in [0.1, 0.15) is 47.5 Å². The minimum Gasteiger partial charge on any atom is -0.410 e. The van der Waals surface area contributed by atoms with Crippen LogP contribution in [0.3, 0.4) is 0 Å². The second kappa shape index (κ2) is 6.55. The van der Waals surface area contributed by atoms with Crippen molar-refractivity contribution in [3.8, 4) is 0 Å². The maximum absolute atomic E-state index is 6.48. The lowest BCUT2D eigenvalue weighted by Crippen LogP contribution is -2.44. The Balaban J connectivity index is 4.80. The van der Waals surface area contributed by atoms with E-state index in [1.165, 1.54) is 5.57 Å². The highest BCUT2D eigenvalue weighted by molar-refractivity contribution is 6.74. The molecule has 0 radical (unpaired) electrons. The molecule has 0 saturated carbocycles. The van der Waals surface area contributed by atoms with Gasteiger partial charge in [-0.3, -0.25) is 0 Å². The van der Waals surface area contributed by atoms with E-state index in [0.717, 1.165) is 12.8 Å². The molecule has 2 heteroatoms. The topological polar surface area (TPSA) is 9.23 Å². The molecule has 1 nitrogen and oxygen atoms in total. The summed E-state index contributed by atoms with van der Waals surface area (Å²) in [6.07, 6.45) is 6.47. The van der Waals surface area contributed by atoms with E-state index in [0.29, 0.717) is 0 Å². The van der Waals surface area contributed by atoms with Gasteiger partial charge in [0.25, 0.3) is 0 Å². The Labute approximate surface area is 109 Å². The van der Waals surface area contributed by atoms with Gasteiger partial charge in [-0.15, -0.1) is 6.58 Å². The maximum atomic E-state index is 6.48. The lowest BCUT2D eigenvalue weighted by atomic mass is 10.1. The third kappa shape index (κ3) is 5.22. The number of allylic oxidation sites excluding steroid dienone is 2. The van der Waals surface area contributed by atoms with Crippen LogP contribution >= 0.6 is 0 Å². The molecule has 0 spiro atoms. The molecule has 0 bridgehead atoms. The van der Waals surface area contributed by atoms with Crippen LogP contribution in [0.2, 0.25) is 18.1 Å². The predicted octanol–water partition coefficient (Wildman–Crippen LogP) is 5.31.